The number of aliphatic imine (C=N–C) groups is 1. The van der Waals surface area contributed by atoms with E-state index >= 15 is 0 Å². The van der Waals surface area contributed by atoms with Crippen LogP contribution < -0.4 is 10.6 Å². The van der Waals surface area contributed by atoms with Crippen molar-refractivity contribution in [2.45, 2.75) is 6.92 Å². The quantitative estimate of drug-likeness (QED) is 0.527. The topological polar surface area (TPSA) is 36.4 Å². The molecular weight excluding hydrogens is 289 g/mol. The van der Waals surface area contributed by atoms with Crippen LogP contribution in [0.3, 0.4) is 0 Å². The van der Waals surface area contributed by atoms with Crippen molar-refractivity contribution in [2.24, 2.45) is 4.99 Å². The van der Waals surface area contributed by atoms with E-state index < -0.39 is 0 Å². The van der Waals surface area contributed by atoms with Crippen LogP contribution in [0.1, 0.15) is 5.56 Å². The van der Waals surface area contributed by atoms with Crippen LogP contribution in [0.15, 0.2) is 65.7 Å². The minimum atomic E-state index is -0.229. The fraction of sp³-hybridized carbons (Fsp3) is 0.105. The third-order valence-electron chi connectivity index (χ3n) is 3.63. The second kappa shape index (κ2) is 6.48. The molecule has 0 aromatic heterocycles. The summed E-state index contributed by atoms with van der Waals surface area (Å²) >= 11 is 0. The lowest BCUT2D eigenvalue weighted by Gasteiger charge is -2.14. The lowest BCUT2D eigenvalue weighted by molar-refractivity contribution is 0.640. The van der Waals surface area contributed by atoms with E-state index in [1.165, 1.54) is 6.07 Å². The number of hydrogen-bond donors (Lipinski definition) is 2. The SMILES string of the molecule is CN=C(Nc1cccc(C)c1)Nc1cccc2c(F)cccc12. The molecule has 3 nitrogen and oxygen atoms in total. The molecular formula is C19H18FN3. The zero-order chi connectivity index (χ0) is 16.2. The zero-order valence-electron chi connectivity index (χ0n) is 13.1. The van der Waals surface area contributed by atoms with Crippen LogP contribution in [-0.4, -0.2) is 13.0 Å². The van der Waals surface area contributed by atoms with Gasteiger partial charge in [-0.05, 0) is 36.8 Å². The summed E-state index contributed by atoms with van der Waals surface area (Å²) in [6.07, 6.45) is 0. The summed E-state index contributed by atoms with van der Waals surface area (Å²) in [5.41, 5.74) is 2.92. The van der Waals surface area contributed by atoms with Gasteiger partial charge in [0, 0.05) is 29.2 Å². The molecule has 0 radical (unpaired) electrons. The molecule has 0 unspecified atom stereocenters. The highest BCUT2D eigenvalue weighted by atomic mass is 19.1. The molecule has 0 saturated carbocycles. The van der Waals surface area contributed by atoms with Crippen LogP contribution in [0.5, 0.6) is 0 Å². The van der Waals surface area contributed by atoms with Gasteiger partial charge in [0.2, 0.25) is 0 Å². The molecule has 0 aliphatic heterocycles. The number of rotatable bonds is 2. The molecule has 2 N–H and O–H groups in total. The van der Waals surface area contributed by atoms with Gasteiger partial charge in [-0.1, -0.05) is 36.4 Å². The number of anilines is 2. The Morgan fingerprint density at radius 2 is 1.65 bits per heavy atom. The summed E-state index contributed by atoms with van der Waals surface area (Å²) in [5.74, 6) is 0.375. The summed E-state index contributed by atoms with van der Waals surface area (Å²) in [5, 5.41) is 7.89. The second-order valence-corrected chi connectivity index (χ2v) is 5.33. The summed E-state index contributed by atoms with van der Waals surface area (Å²) in [4.78, 5) is 4.24. The van der Waals surface area contributed by atoms with Crippen molar-refractivity contribution in [3.8, 4) is 0 Å². The Morgan fingerprint density at radius 1 is 0.913 bits per heavy atom. The Kier molecular flexibility index (Phi) is 4.24. The molecule has 23 heavy (non-hydrogen) atoms. The molecule has 0 bridgehead atoms. The van der Waals surface area contributed by atoms with Crippen molar-refractivity contribution in [3.63, 3.8) is 0 Å². The lowest BCUT2D eigenvalue weighted by Crippen LogP contribution is -2.22. The highest BCUT2D eigenvalue weighted by Crippen LogP contribution is 2.25. The third kappa shape index (κ3) is 3.31. The van der Waals surface area contributed by atoms with Crippen LogP contribution >= 0.6 is 0 Å². The molecule has 0 atom stereocenters. The molecule has 3 aromatic carbocycles. The first-order chi connectivity index (χ1) is 11.2. The minimum absolute atomic E-state index is 0.229. The summed E-state index contributed by atoms with van der Waals surface area (Å²) in [6, 6.07) is 18.6. The van der Waals surface area contributed by atoms with Gasteiger partial charge in [0.15, 0.2) is 5.96 Å². The van der Waals surface area contributed by atoms with E-state index in [0.29, 0.717) is 11.3 Å². The first-order valence-electron chi connectivity index (χ1n) is 7.42. The summed E-state index contributed by atoms with van der Waals surface area (Å²) in [6.45, 7) is 2.04. The van der Waals surface area contributed by atoms with Gasteiger partial charge in [-0.25, -0.2) is 4.39 Å². The Morgan fingerprint density at radius 3 is 2.43 bits per heavy atom. The highest BCUT2D eigenvalue weighted by molar-refractivity contribution is 6.08. The molecule has 0 aliphatic carbocycles. The highest BCUT2D eigenvalue weighted by Gasteiger charge is 2.07. The van der Waals surface area contributed by atoms with Crippen molar-refractivity contribution < 1.29 is 4.39 Å². The van der Waals surface area contributed by atoms with Gasteiger partial charge in [0.05, 0.1) is 0 Å². The van der Waals surface area contributed by atoms with E-state index in [-0.39, 0.29) is 5.82 Å². The van der Waals surface area contributed by atoms with Gasteiger partial charge in [0.1, 0.15) is 5.82 Å². The van der Waals surface area contributed by atoms with Crippen molar-refractivity contribution in [1.82, 2.24) is 0 Å². The van der Waals surface area contributed by atoms with Crippen molar-refractivity contribution in [2.75, 3.05) is 17.7 Å². The molecule has 0 saturated heterocycles. The number of halogens is 1. The fourth-order valence-corrected chi connectivity index (χ4v) is 2.51. The molecule has 0 spiro atoms. The average Bonchev–Trinajstić information content (AvgIpc) is 2.55. The predicted molar refractivity (Wildman–Crippen MR) is 95.7 cm³/mol. The molecule has 3 rings (SSSR count). The lowest BCUT2D eigenvalue weighted by atomic mass is 10.1. The van der Waals surface area contributed by atoms with E-state index in [9.17, 15) is 4.39 Å². The Labute approximate surface area is 134 Å². The molecule has 116 valence electrons. The maximum Gasteiger partial charge on any atom is 0.200 e. The first kappa shape index (κ1) is 15.0. The van der Waals surface area contributed by atoms with E-state index in [1.807, 2.05) is 49.4 Å². The fourth-order valence-electron chi connectivity index (χ4n) is 2.51. The number of guanidine groups is 1. The molecule has 0 amide bonds. The number of fused-ring (bicyclic) bond motifs is 1. The molecule has 4 heteroatoms. The van der Waals surface area contributed by atoms with Crippen LogP contribution in [0, 0.1) is 12.7 Å². The van der Waals surface area contributed by atoms with Crippen LogP contribution in [0.2, 0.25) is 0 Å². The third-order valence-corrected chi connectivity index (χ3v) is 3.63. The molecule has 3 aromatic rings. The number of nitrogens with zero attached hydrogens (tertiary/aromatic N) is 1. The standard InChI is InChI=1S/C19H18FN3/c1-13-6-3-7-14(12-13)22-19(21-2)23-18-11-5-8-15-16(18)9-4-10-17(15)20/h3-12H,1-2H3,(H2,21,22,23). The van der Waals surface area contributed by atoms with Crippen molar-refractivity contribution in [3.05, 3.63) is 72.0 Å². The van der Waals surface area contributed by atoms with Crippen LogP contribution in [-0.2, 0) is 0 Å². The van der Waals surface area contributed by atoms with E-state index in [4.69, 9.17) is 0 Å². The van der Waals surface area contributed by atoms with Gasteiger partial charge in [-0.15, -0.1) is 0 Å². The first-order valence-corrected chi connectivity index (χ1v) is 7.42. The average molecular weight is 307 g/mol. The second-order valence-electron chi connectivity index (χ2n) is 5.33. The smallest absolute Gasteiger partial charge is 0.200 e. The van der Waals surface area contributed by atoms with Gasteiger partial charge >= 0.3 is 0 Å². The van der Waals surface area contributed by atoms with Gasteiger partial charge in [0.25, 0.3) is 0 Å². The maximum absolute atomic E-state index is 13.9. The monoisotopic (exact) mass is 307 g/mol. The zero-order valence-corrected chi connectivity index (χ0v) is 13.1. The van der Waals surface area contributed by atoms with Gasteiger partial charge in [-0.2, -0.15) is 0 Å². The number of benzene rings is 3. The Bertz CT molecular complexity index is 871. The summed E-state index contributed by atoms with van der Waals surface area (Å²) < 4.78 is 13.9. The van der Waals surface area contributed by atoms with Gasteiger partial charge in [-0.3, -0.25) is 4.99 Å². The van der Waals surface area contributed by atoms with Crippen LogP contribution in [0.4, 0.5) is 15.8 Å². The number of nitrogens with one attached hydrogen (secondary N) is 2. The van der Waals surface area contributed by atoms with Gasteiger partial charge < -0.3 is 10.6 Å². The van der Waals surface area contributed by atoms with Crippen molar-refractivity contribution >= 4 is 28.1 Å². The molecule has 0 aliphatic rings. The number of hydrogen-bond acceptors (Lipinski definition) is 1. The maximum atomic E-state index is 13.9. The normalized spacial score (nSPS) is 11.5. The molecule has 0 fully saturated rings. The summed E-state index contributed by atoms with van der Waals surface area (Å²) in [7, 11) is 1.71. The van der Waals surface area contributed by atoms with Crippen molar-refractivity contribution in [1.29, 1.82) is 0 Å². The number of aryl methyl sites for hydroxylation is 1. The minimum Gasteiger partial charge on any atom is -0.326 e. The Hall–Kier alpha value is -2.88. The molecule has 0 heterocycles. The Balaban J connectivity index is 1.89. The van der Waals surface area contributed by atoms with E-state index in [0.717, 1.165) is 22.3 Å². The predicted octanol–water partition coefficient (Wildman–Crippen LogP) is 4.80. The van der Waals surface area contributed by atoms with Crippen LogP contribution in [0.25, 0.3) is 10.8 Å². The van der Waals surface area contributed by atoms with E-state index in [2.05, 4.69) is 15.6 Å². The largest absolute Gasteiger partial charge is 0.326 e. The van der Waals surface area contributed by atoms with E-state index in [1.54, 1.807) is 19.2 Å².